The minimum Gasteiger partial charge on any atom is -0.275 e. The Balaban J connectivity index is 1.96. The molecule has 126 valence electrons. The second-order valence-corrected chi connectivity index (χ2v) is 7.62. The van der Waals surface area contributed by atoms with Gasteiger partial charge >= 0.3 is 0 Å². The second-order valence-electron chi connectivity index (χ2n) is 7.62. The third-order valence-corrected chi connectivity index (χ3v) is 5.57. The maximum atomic E-state index is 13.4. The van der Waals surface area contributed by atoms with Gasteiger partial charge in [0.1, 0.15) is 11.5 Å². The molecule has 1 aliphatic rings. The zero-order chi connectivity index (χ0) is 17.8. The lowest BCUT2D eigenvalue weighted by Crippen LogP contribution is -2.46. The van der Waals surface area contributed by atoms with Crippen molar-refractivity contribution in [2.24, 2.45) is 4.99 Å². The van der Waals surface area contributed by atoms with Crippen LogP contribution in [0, 0.1) is 5.82 Å². The summed E-state index contributed by atoms with van der Waals surface area (Å²) in [6.07, 6.45) is 0. The van der Waals surface area contributed by atoms with E-state index in [0.717, 1.165) is 22.4 Å². The minimum atomic E-state index is -0.308. The Labute approximate surface area is 146 Å². The molecule has 1 aliphatic heterocycles. The van der Waals surface area contributed by atoms with Gasteiger partial charge in [0, 0.05) is 22.4 Å². The Bertz CT molecular complexity index is 1020. The highest BCUT2D eigenvalue weighted by Crippen LogP contribution is 2.43. The normalized spacial score (nSPS) is 17.9. The van der Waals surface area contributed by atoms with Crippen LogP contribution in [-0.2, 0) is 5.41 Å². The summed E-state index contributed by atoms with van der Waals surface area (Å²) in [6, 6.07) is 14.8. The number of halogens is 1. The summed E-state index contributed by atoms with van der Waals surface area (Å²) in [5.74, 6) is -0.308. The maximum absolute atomic E-state index is 13.4. The van der Waals surface area contributed by atoms with Gasteiger partial charge in [-0.05, 0) is 37.6 Å². The van der Waals surface area contributed by atoms with Crippen LogP contribution in [0.2, 0.25) is 0 Å². The van der Waals surface area contributed by atoms with Crippen molar-refractivity contribution in [2.45, 2.75) is 38.6 Å². The highest BCUT2D eigenvalue weighted by Gasteiger charge is 2.43. The Hall–Kier alpha value is -2.62. The molecule has 3 nitrogen and oxygen atoms in total. The quantitative estimate of drug-likeness (QED) is 0.649. The summed E-state index contributed by atoms with van der Waals surface area (Å²) in [5, 5.41) is 9.40. The average Bonchev–Trinajstić information content (AvgIpc) is 2.58. The monoisotopic (exact) mass is 333 g/mol. The summed E-state index contributed by atoms with van der Waals surface area (Å²) in [7, 11) is 0. The smallest absolute Gasteiger partial charge is 0.125 e. The molecule has 0 atom stereocenters. The van der Waals surface area contributed by atoms with Gasteiger partial charge < -0.3 is 0 Å². The van der Waals surface area contributed by atoms with Gasteiger partial charge in [-0.3, -0.25) is 4.99 Å². The molecule has 3 aromatic rings. The SMILES string of the molecule is CC1(C)N=C(c2cc3ccc(F)cc3nn2)c2ccccc2C1(C)C. The van der Waals surface area contributed by atoms with Crippen LogP contribution in [0.4, 0.5) is 4.39 Å². The first-order chi connectivity index (χ1) is 11.8. The molecule has 0 aliphatic carbocycles. The lowest BCUT2D eigenvalue weighted by molar-refractivity contribution is 0.303. The second kappa shape index (κ2) is 5.19. The van der Waals surface area contributed by atoms with Crippen LogP contribution in [0.5, 0.6) is 0 Å². The van der Waals surface area contributed by atoms with E-state index in [2.05, 4.69) is 56.1 Å². The fourth-order valence-corrected chi connectivity index (χ4v) is 3.36. The van der Waals surface area contributed by atoms with Gasteiger partial charge in [0.05, 0.1) is 16.8 Å². The van der Waals surface area contributed by atoms with Gasteiger partial charge in [0.25, 0.3) is 0 Å². The summed E-state index contributed by atoms with van der Waals surface area (Å²) in [4.78, 5) is 5.04. The van der Waals surface area contributed by atoms with Crippen molar-refractivity contribution >= 4 is 16.6 Å². The van der Waals surface area contributed by atoms with E-state index in [1.807, 2.05) is 12.1 Å². The molecule has 1 aromatic heterocycles. The summed E-state index contributed by atoms with van der Waals surface area (Å²) in [6.45, 7) is 8.74. The molecular weight excluding hydrogens is 313 g/mol. The fraction of sp³-hybridized carbons (Fsp3) is 0.286. The summed E-state index contributed by atoms with van der Waals surface area (Å²) in [5.41, 5.74) is 4.08. The molecule has 0 saturated carbocycles. The Morgan fingerprint density at radius 2 is 1.64 bits per heavy atom. The molecule has 0 unspecified atom stereocenters. The zero-order valence-corrected chi connectivity index (χ0v) is 14.8. The molecule has 0 radical (unpaired) electrons. The third kappa shape index (κ3) is 2.36. The van der Waals surface area contributed by atoms with Crippen LogP contribution in [0.3, 0.4) is 0 Å². The molecule has 2 aromatic carbocycles. The van der Waals surface area contributed by atoms with E-state index in [-0.39, 0.29) is 16.8 Å². The number of fused-ring (bicyclic) bond motifs is 2. The molecule has 4 heteroatoms. The van der Waals surface area contributed by atoms with Crippen LogP contribution >= 0.6 is 0 Å². The number of aromatic nitrogens is 2. The van der Waals surface area contributed by atoms with Crippen molar-refractivity contribution in [3.8, 4) is 0 Å². The van der Waals surface area contributed by atoms with Crippen LogP contribution < -0.4 is 0 Å². The maximum Gasteiger partial charge on any atom is 0.125 e. The van der Waals surface area contributed by atoms with E-state index < -0.39 is 0 Å². The highest BCUT2D eigenvalue weighted by molar-refractivity contribution is 6.14. The Morgan fingerprint density at radius 3 is 2.44 bits per heavy atom. The summed E-state index contributed by atoms with van der Waals surface area (Å²) >= 11 is 0. The number of hydrogen-bond donors (Lipinski definition) is 0. The van der Waals surface area contributed by atoms with Crippen LogP contribution in [-0.4, -0.2) is 21.4 Å². The first-order valence-electron chi connectivity index (χ1n) is 8.43. The van der Waals surface area contributed by atoms with Crippen molar-refractivity contribution in [1.29, 1.82) is 0 Å². The van der Waals surface area contributed by atoms with Crippen LogP contribution in [0.1, 0.15) is 44.5 Å². The van der Waals surface area contributed by atoms with E-state index >= 15 is 0 Å². The van der Waals surface area contributed by atoms with E-state index in [9.17, 15) is 4.39 Å². The largest absolute Gasteiger partial charge is 0.275 e. The lowest BCUT2D eigenvalue weighted by atomic mass is 9.66. The van der Waals surface area contributed by atoms with E-state index in [0.29, 0.717) is 5.52 Å². The Morgan fingerprint density at radius 1 is 0.880 bits per heavy atom. The fourth-order valence-electron chi connectivity index (χ4n) is 3.36. The first-order valence-corrected chi connectivity index (χ1v) is 8.43. The van der Waals surface area contributed by atoms with Crippen molar-refractivity contribution in [2.75, 3.05) is 0 Å². The standard InChI is InChI=1S/C21H20FN3/c1-20(2)16-8-6-5-7-15(16)19(23-21(20,3)4)18-11-13-9-10-14(22)12-17(13)24-25-18/h5-12H,1-4H3. The topological polar surface area (TPSA) is 38.1 Å². The van der Waals surface area contributed by atoms with Crippen molar-refractivity contribution < 1.29 is 4.39 Å². The van der Waals surface area contributed by atoms with Gasteiger partial charge in [-0.1, -0.05) is 38.1 Å². The molecule has 0 saturated heterocycles. The van der Waals surface area contributed by atoms with Gasteiger partial charge in [0.2, 0.25) is 0 Å². The molecule has 0 bridgehead atoms. The molecule has 0 amide bonds. The number of hydrogen-bond acceptors (Lipinski definition) is 3. The van der Waals surface area contributed by atoms with Gasteiger partial charge in [0.15, 0.2) is 0 Å². The van der Waals surface area contributed by atoms with Crippen molar-refractivity contribution in [3.63, 3.8) is 0 Å². The molecule has 4 rings (SSSR count). The van der Waals surface area contributed by atoms with E-state index in [1.165, 1.54) is 17.7 Å². The van der Waals surface area contributed by atoms with Crippen molar-refractivity contribution in [3.05, 3.63) is 71.2 Å². The predicted octanol–water partition coefficient (Wildman–Crippen LogP) is 4.68. The van der Waals surface area contributed by atoms with Gasteiger partial charge in [-0.15, -0.1) is 10.2 Å². The first kappa shape index (κ1) is 15.9. The molecule has 25 heavy (non-hydrogen) atoms. The average molecular weight is 333 g/mol. The number of nitrogens with zero attached hydrogens (tertiary/aromatic N) is 3. The number of aliphatic imine (C=N–C) groups is 1. The van der Waals surface area contributed by atoms with E-state index in [1.54, 1.807) is 6.07 Å². The molecule has 0 N–H and O–H groups in total. The predicted molar refractivity (Wildman–Crippen MR) is 98.7 cm³/mol. The molecular formula is C21H20FN3. The third-order valence-electron chi connectivity index (χ3n) is 5.57. The van der Waals surface area contributed by atoms with Gasteiger partial charge in [-0.2, -0.15) is 0 Å². The number of rotatable bonds is 1. The zero-order valence-electron chi connectivity index (χ0n) is 14.8. The Kier molecular flexibility index (Phi) is 3.29. The van der Waals surface area contributed by atoms with E-state index in [4.69, 9.17) is 4.99 Å². The minimum absolute atomic E-state index is 0.0967. The number of benzene rings is 2. The van der Waals surface area contributed by atoms with Gasteiger partial charge in [-0.25, -0.2) is 4.39 Å². The van der Waals surface area contributed by atoms with Crippen molar-refractivity contribution in [1.82, 2.24) is 10.2 Å². The summed E-state index contributed by atoms with van der Waals surface area (Å²) < 4.78 is 13.4. The molecule has 2 heterocycles. The molecule has 0 fully saturated rings. The molecule has 0 spiro atoms. The highest BCUT2D eigenvalue weighted by atomic mass is 19.1. The van der Waals surface area contributed by atoms with Crippen LogP contribution in [0.25, 0.3) is 10.9 Å². The lowest BCUT2D eigenvalue weighted by Gasteiger charge is -2.44. The van der Waals surface area contributed by atoms with Crippen LogP contribution in [0.15, 0.2) is 53.5 Å².